The molecule has 3 fully saturated rings. The predicted molar refractivity (Wildman–Crippen MR) is 195 cm³/mol. The lowest BCUT2D eigenvalue weighted by Gasteiger charge is -2.59. The van der Waals surface area contributed by atoms with Crippen LogP contribution in [-0.2, 0) is 4.79 Å². The Morgan fingerprint density at radius 3 is 2.07 bits per heavy atom. The molecule has 46 heavy (non-hydrogen) atoms. The van der Waals surface area contributed by atoms with Crippen LogP contribution in [0.2, 0.25) is 0 Å². The number of carboxylic acid groups (broad SMARTS) is 1. The molecule has 4 aliphatic carbocycles. The van der Waals surface area contributed by atoms with Crippen molar-refractivity contribution in [2.75, 3.05) is 0 Å². The summed E-state index contributed by atoms with van der Waals surface area (Å²) in [6, 6.07) is 0. The van der Waals surface area contributed by atoms with Crippen LogP contribution in [0.15, 0.2) is 11.6 Å². The van der Waals surface area contributed by atoms with Gasteiger partial charge in [-0.2, -0.15) is 0 Å². The van der Waals surface area contributed by atoms with Crippen LogP contribution in [0.4, 0.5) is 0 Å². The van der Waals surface area contributed by atoms with Gasteiger partial charge >= 0.3 is 0 Å². The molecule has 4 rings (SSSR count). The first kappa shape index (κ1) is 38.0. The lowest BCUT2D eigenvalue weighted by molar-refractivity contribution is -0.314. The molecule has 0 heterocycles. The lowest BCUT2D eigenvalue weighted by Crippen LogP contribution is -2.51. The van der Waals surface area contributed by atoms with Crippen LogP contribution >= 0.6 is 0 Å². The number of carboxylic acids is 1. The van der Waals surface area contributed by atoms with E-state index >= 15 is 0 Å². The molecule has 0 saturated heterocycles. The van der Waals surface area contributed by atoms with Crippen molar-refractivity contribution in [1.82, 2.24) is 0 Å². The number of aliphatic carboxylic acids is 1. The Bertz CT molecular complexity index is 950. The maximum Gasteiger partial charge on any atom is 0.0448 e. The molecule has 2 unspecified atom stereocenters. The summed E-state index contributed by atoms with van der Waals surface area (Å²) in [5.41, 5.74) is 2.47. The molecule has 0 aromatic rings. The Hall–Kier alpha value is -0.790. The SMILES string of the molecule is CCC(C)CCCCCCCCCCCC(C(=O)[O-])[C@H]1CC[C@@]2(C)C(=CC[C@H]3[C@@H]4CC[C@H]([C@H](C)CCCC(C)C)[C@@]4(C)CC[C@@H]32)C1. The maximum absolute atomic E-state index is 12.4. The first-order valence-corrected chi connectivity index (χ1v) is 20.9. The van der Waals surface area contributed by atoms with Gasteiger partial charge in [0.1, 0.15) is 0 Å². The third-order valence-electron chi connectivity index (χ3n) is 15.1. The van der Waals surface area contributed by atoms with Gasteiger partial charge in [-0.25, -0.2) is 0 Å². The zero-order chi connectivity index (χ0) is 33.3. The number of carbonyl (C=O) groups excluding carboxylic acids is 1. The summed E-state index contributed by atoms with van der Waals surface area (Å²) in [6.45, 7) is 17.3. The van der Waals surface area contributed by atoms with Crippen LogP contribution in [0.1, 0.15) is 196 Å². The molecular formula is C44H77O2-. The van der Waals surface area contributed by atoms with E-state index in [1.165, 1.54) is 122 Å². The molecule has 10 atom stereocenters. The minimum atomic E-state index is -0.770. The Labute approximate surface area is 287 Å². The summed E-state index contributed by atoms with van der Waals surface area (Å²) in [7, 11) is 0. The highest BCUT2D eigenvalue weighted by Gasteiger charge is 2.59. The summed E-state index contributed by atoms with van der Waals surface area (Å²) < 4.78 is 0. The standard InChI is InChI=1S/C44H78O2/c1-8-33(4)20-16-14-12-10-9-11-13-15-17-22-37(42(45)46)35-27-29-43(6)36(31-35)23-24-38-40-26-25-39(34(5)21-18-19-32(2)3)44(40,7)30-28-41(38)43/h23,32-35,37-41H,8-22,24-31H2,1-7H3,(H,45,46)/p-1/t33?,34-,35+,37?,38+,39-,40+,41+,43+,44-/m1/s1. The fourth-order valence-electron chi connectivity index (χ4n) is 11.9. The van der Waals surface area contributed by atoms with Crippen molar-refractivity contribution in [1.29, 1.82) is 0 Å². The second-order valence-electron chi connectivity index (χ2n) is 18.5. The van der Waals surface area contributed by atoms with Gasteiger partial charge in [-0.15, -0.1) is 0 Å². The van der Waals surface area contributed by atoms with E-state index in [1.54, 1.807) is 5.57 Å². The van der Waals surface area contributed by atoms with Crippen molar-refractivity contribution in [3.8, 4) is 0 Å². The molecule has 0 aliphatic heterocycles. The largest absolute Gasteiger partial charge is 0.550 e. The Morgan fingerprint density at radius 2 is 1.43 bits per heavy atom. The summed E-state index contributed by atoms with van der Waals surface area (Å²) in [4.78, 5) is 12.4. The predicted octanol–water partition coefficient (Wildman–Crippen LogP) is 12.3. The molecule has 4 aliphatic rings. The van der Waals surface area contributed by atoms with Crippen LogP contribution in [0, 0.1) is 64.1 Å². The number of fused-ring (bicyclic) bond motifs is 5. The van der Waals surface area contributed by atoms with Gasteiger partial charge in [0.05, 0.1) is 0 Å². The van der Waals surface area contributed by atoms with Gasteiger partial charge in [0, 0.05) is 11.9 Å². The Morgan fingerprint density at radius 1 is 0.783 bits per heavy atom. The van der Waals surface area contributed by atoms with Crippen molar-refractivity contribution < 1.29 is 9.90 Å². The van der Waals surface area contributed by atoms with Crippen LogP contribution in [0.3, 0.4) is 0 Å². The van der Waals surface area contributed by atoms with Gasteiger partial charge in [0.15, 0.2) is 0 Å². The van der Waals surface area contributed by atoms with Crippen LogP contribution in [0.25, 0.3) is 0 Å². The molecule has 0 aromatic heterocycles. The van der Waals surface area contributed by atoms with Gasteiger partial charge in [-0.05, 0) is 116 Å². The smallest absolute Gasteiger partial charge is 0.0448 e. The van der Waals surface area contributed by atoms with E-state index < -0.39 is 5.97 Å². The molecule has 0 spiro atoms. The van der Waals surface area contributed by atoms with Crippen LogP contribution < -0.4 is 5.11 Å². The maximum atomic E-state index is 12.4. The Kier molecular flexibility index (Phi) is 14.7. The Balaban J connectivity index is 1.23. The normalized spacial score (nSPS) is 34.3. The molecule has 266 valence electrons. The molecular weight excluding hydrogens is 560 g/mol. The third kappa shape index (κ3) is 9.25. The van der Waals surface area contributed by atoms with Gasteiger partial charge < -0.3 is 9.90 Å². The quantitative estimate of drug-likeness (QED) is 0.0984. The number of hydrogen-bond donors (Lipinski definition) is 0. The minimum Gasteiger partial charge on any atom is -0.550 e. The topological polar surface area (TPSA) is 40.1 Å². The molecule has 0 radical (unpaired) electrons. The van der Waals surface area contributed by atoms with E-state index in [4.69, 9.17) is 0 Å². The number of hydrogen-bond acceptors (Lipinski definition) is 2. The monoisotopic (exact) mass is 638 g/mol. The van der Waals surface area contributed by atoms with Gasteiger partial charge in [-0.1, -0.05) is 150 Å². The average molecular weight is 638 g/mol. The highest BCUT2D eigenvalue weighted by Crippen LogP contribution is 2.67. The van der Waals surface area contributed by atoms with Gasteiger partial charge in [0.2, 0.25) is 0 Å². The fourth-order valence-corrected chi connectivity index (χ4v) is 11.9. The first-order valence-electron chi connectivity index (χ1n) is 20.9. The molecule has 0 bridgehead atoms. The van der Waals surface area contributed by atoms with Crippen molar-refractivity contribution in [3.05, 3.63) is 11.6 Å². The summed E-state index contributed by atoms with van der Waals surface area (Å²) >= 11 is 0. The first-order chi connectivity index (χ1) is 22.0. The molecule has 3 saturated carbocycles. The van der Waals surface area contributed by atoms with Crippen molar-refractivity contribution in [2.24, 2.45) is 64.1 Å². The van der Waals surface area contributed by atoms with Crippen molar-refractivity contribution >= 4 is 5.97 Å². The zero-order valence-electron chi connectivity index (χ0n) is 31.9. The molecule has 2 nitrogen and oxygen atoms in total. The van der Waals surface area contributed by atoms with Gasteiger partial charge in [-0.3, -0.25) is 0 Å². The zero-order valence-corrected chi connectivity index (χ0v) is 31.9. The van der Waals surface area contributed by atoms with Crippen molar-refractivity contribution in [3.63, 3.8) is 0 Å². The molecule has 0 amide bonds. The van der Waals surface area contributed by atoms with Crippen LogP contribution in [-0.4, -0.2) is 5.97 Å². The number of rotatable bonds is 20. The highest BCUT2D eigenvalue weighted by molar-refractivity contribution is 5.68. The van der Waals surface area contributed by atoms with Gasteiger partial charge in [0.25, 0.3) is 0 Å². The van der Waals surface area contributed by atoms with E-state index in [2.05, 4.69) is 54.5 Å². The van der Waals surface area contributed by atoms with E-state index in [9.17, 15) is 9.90 Å². The molecule has 2 heteroatoms. The van der Waals surface area contributed by atoms with Crippen molar-refractivity contribution in [2.45, 2.75) is 196 Å². The molecule has 0 aromatic carbocycles. The number of carbonyl (C=O) groups is 1. The van der Waals surface area contributed by atoms with E-state index in [1.807, 2.05) is 0 Å². The molecule has 0 N–H and O–H groups in total. The second kappa shape index (κ2) is 17.7. The minimum absolute atomic E-state index is 0.254. The fraction of sp³-hybridized carbons (Fsp3) is 0.932. The summed E-state index contributed by atoms with van der Waals surface area (Å²) in [5.74, 6) is 5.30. The highest BCUT2D eigenvalue weighted by atomic mass is 16.4. The lowest BCUT2D eigenvalue weighted by atomic mass is 9.46. The average Bonchev–Trinajstić information content (AvgIpc) is 3.38. The number of allylic oxidation sites excluding steroid dienone is 2. The van der Waals surface area contributed by atoms with Crippen LogP contribution in [0.5, 0.6) is 0 Å². The summed E-state index contributed by atoms with van der Waals surface area (Å²) in [6.07, 6.45) is 32.4. The third-order valence-corrected chi connectivity index (χ3v) is 15.1. The van der Waals surface area contributed by atoms with E-state index in [0.29, 0.717) is 10.8 Å². The van der Waals surface area contributed by atoms with E-state index in [-0.39, 0.29) is 11.8 Å². The summed E-state index contributed by atoms with van der Waals surface area (Å²) in [5, 5.41) is 12.4. The van der Waals surface area contributed by atoms with E-state index in [0.717, 1.165) is 67.1 Å². The number of unbranched alkanes of at least 4 members (excludes halogenated alkanes) is 8. The second-order valence-corrected chi connectivity index (χ2v) is 18.5.